The maximum absolute atomic E-state index is 13.5. The van der Waals surface area contributed by atoms with E-state index >= 15 is 0 Å². The van der Waals surface area contributed by atoms with Gasteiger partial charge in [0.1, 0.15) is 17.6 Å². The van der Waals surface area contributed by atoms with E-state index in [9.17, 15) is 14.5 Å². The number of nitriles is 1. The summed E-state index contributed by atoms with van der Waals surface area (Å²) < 4.78 is 18.9. The molecule has 0 aliphatic heterocycles. The molecule has 0 heterocycles. The van der Waals surface area contributed by atoms with Crippen molar-refractivity contribution in [2.75, 3.05) is 0 Å². The normalized spacial score (nSPS) is 9.95. The molecule has 0 fully saturated rings. The van der Waals surface area contributed by atoms with Gasteiger partial charge >= 0.3 is 5.69 Å². The van der Waals surface area contributed by atoms with Crippen molar-refractivity contribution in [3.05, 3.63) is 63.5 Å². The van der Waals surface area contributed by atoms with Crippen molar-refractivity contribution >= 4 is 5.69 Å². The Morgan fingerprint density at radius 2 is 2.10 bits per heavy atom. The van der Waals surface area contributed by atoms with Crippen LogP contribution in [0.2, 0.25) is 0 Å². The molecule has 0 bridgehead atoms. The second-order valence-corrected chi connectivity index (χ2v) is 4.12. The fourth-order valence-electron chi connectivity index (χ4n) is 1.71. The molecule has 0 atom stereocenters. The lowest BCUT2D eigenvalue weighted by atomic mass is 10.1. The number of nitrogens with zero attached hydrogens (tertiary/aromatic N) is 2. The van der Waals surface area contributed by atoms with Gasteiger partial charge in [-0.15, -0.1) is 0 Å². The second-order valence-electron chi connectivity index (χ2n) is 4.12. The van der Waals surface area contributed by atoms with Crippen molar-refractivity contribution in [3.8, 4) is 17.6 Å². The molecular formula is C14H10FN3O3. The van der Waals surface area contributed by atoms with E-state index in [0.717, 1.165) is 17.7 Å². The lowest BCUT2D eigenvalue weighted by Crippen LogP contribution is -1.98. The summed E-state index contributed by atoms with van der Waals surface area (Å²) >= 11 is 0. The molecule has 0 aromatic heterocycles. The molecule has 0 radical (unpaired) electrons. The van der Waals surface area contributed by atoms with Gasteiger partial charge in [-0.1, -0.05) is 6.07 Å². The third-order valence-corrected chi connectivity index (χ3v) is 2.74. The lowest BCUT2D eigenvalue weighted by molar-refractivity contribution is -0.387. The van der Waals surface area contributed by atoms with Crippen LogP contribution >= 0.6 is 0 Å². The zero-order chi connectivity index (χ0) is 15.4. The molecule has 0 unspecified atom stereocenters. The van der Waals surface area contributed by atoms with Crippen molar-refractivity contribution in [2.24, 2.45) is 5.73 Å². The summed E-state index contributed by atoms with van der Waals surface area (Å²) in [5, 5.41) is 19.6. The number of ether oxygens (including phenoxy) is 1. The molecule has 21 heavy (non-hydrogen) atoms. The van der Waals surface area contributed by atoms with Gasteiger partial charge in [-0.2, -0.15) is 9.65 Å². The van der Waals surface area contributed by atoms with Gasteiger partial charge in [0.2, 0.25) is 5.82 Å². The average Bonchev–Trinajstić information content (AvgIpc) is 2.47. The molecule has 0 aliphatic carbocycles. The van der Waals surface area contributed by atoms with Crippen LogP contribution < -0.4 is 10.5 Å². The highest BCUT2D eigenvalue weighted by molar-refractivity contribution is 5.48. The standard InChI is InChI=1S/C14H10FN3O3/c15-12-6-11(2-3-13(12)18(19)20)21-14-4-1-9(7-16)5-10(14)8-17/h1-6H,7,16H2. The number of hydrogen-bond donors (Lipinski definition) is 1. The zero-order valence-electron chi connectivity index (χ0n) is 10.7. The van der Waals surface area contributed by atoms with E-state index in [1.165, 1.54) is 6.07 Å². The fraction of sp³-hybridized carbons (Fsp3) is 0.0714. The van der Waals surface area contributed by atoms with Gasteiger partial charge in [-0.3, -0.25) is 10.1 Å². The van der Waals surface area contributed by atoms with Crippen molar-refractivity contribution in [1.29, 1.82) is 5.26 Å². The summed E-state index contributed by atoms with van der Waals surface area (Å²) in [6.07, 6.45) is 0. The molecule has 2 N–H and O–H groups in total. The predicted molar refractivity (Wildman–Crippen MR) is 72.2 cm³/mol. The van der Waals surface area contributed by atoms with Gasteiger partial charge in [0.15, 0.2) is 0 Å². The number of hydrogen-bond acceptors (Lipinski definition) is 5. The maximum atomic E-state index is 13.5. The summed E-state index contributed by atoms with van der Waals surface area (Å²) in [6.45, 7) is 0.279. The first kappa shape index (κ1) is 14.4. The van der Waals surface area contributed by atoms with Crippen LogP contribution in [0.4, 0.5) is 10.1 Å². The van der Waals surface area contributed by atoms with Crippen LogP contribution in [0.25, 0.3) is 0 Å². The van der Waals surface area contributed by atoms with Crippen molar-refractivity contribution < 1.29 is 14.1 Å². The lowest BCUT2D eigenvalue weighted by Gasteiger charge is -2.08. The molecular weight excluding hydrogens is 277 g/mol. The predicted octanol–water partition coefficient (Wildman–Crippen LogP) is 2.86. The van der Waals surface area contributed by atoms with E-state index < -0.39 is 16.4 Å². The van der Waals surface area contributed by atoms with Gasteiger partial charge in [-0.05, 0) is 23.8 Å². The van der Waals surface area contributed by atoms with Gasteiger partial charge in [0.05, 0.1) is 10.5 Å². The molecule has 106 valence electrons. The van der Waals surface area contributed by atoms with Crippen LogP contribution in [0, 0.1) is 27.3 Å². The number of nitro groups is 1. The van der Waals surface area contributed by atoms with Crippen LogP contribution in [0.5, 0.6) is 11.5 Å². The second kappa shape index (κ2) is 5.98. The molecule has 0 amide bonds. The Morgan fingerprint density at radius 3 is 2.67 bits per heavy atom. The number of benzene rings is 2. The fourth-order valence-corrected chi connectivity index (χ4v) is 1.71. The molecule has 0 saturated carbocycles. The first-order valence-electron chi connectivity index (χ1n) is 5.90. The molecule has 2 rings (SSSR count). The van der Waals surface area contributed by atoms with Crippen molar-refractivity contribution in [3.63, 3.8) is 0 Å². The minimum absolute atomic E-state index is 0.0649. The van der Waals surface area contributed by atoms with E-state index in [0.29, 0.717) is 0 Å². The minimum atomic E-state index is -1.01. The highest BCUT2D eigenvalue weighted by atomic mass is 19.1. The SMILES string of the molecule is N#Cc1cc(CN)ccc1Oc1ccc([N+](=O)[O-])c(F)c1. The van der Waals surface area contributed by atoms with Crippen LogP contribution in [-0.4, -0.2) is 4.92 Å². The smallest absolute Gasteiger partial charge is 0.305 e. The Balaban J connectivity index is 2.32. The Bertz CT molecular complexity index is 741. The van der Waals surface area contributed by atoms with Crippen LogP contribution in [0.3, 0.4) is 0 Å². The molecule has 0 spiro atoms. The van der Waals surface area contributed by atoms with E-state index in [-0.39, 0.29) is 23.6 Å². The van der Waals surface area contributed by atoms with Gasteiger partial charge < -0.3 is 10.5 Å². The number of nitro benzene ring substituents is 1. The van der Waals surface area contributed by atoms with Gasteiger partial charge in [0, 0.05) is 18.7 Å². The molecule has 6 nitrogen and oxygen atoms in total. The molecule has 0 aliphatic rings. The molecule has 0 saturated heterocycles. The first-order valence-corrected chi connectivity index (χ1v) is 5.90. The number of rotatable bonds is 4. The van der Waals surface area contributed by atoms with Crippen LogP contribution in [0.15, 0.2) is 36.4 Å². The Labute approximate surface area is 119 Å². The van der Waals surface area contributed by atoms with E-state index in [1.807, 2.05) is 6.07 Å². The third kappa shape index (κ3) is 3.13. The van der Waals surface area contributed by atoms with Crippen LogP contribution in [-0.2, 0) is 6.54 Å². The summed E-state index contributed by atoms with van der Waals surface area (Å²) in [5.41, 5.74) is 5.84. The van der Waals surface area contributed by atoms with Gasteiger partial charge in [-0.25, -0.2) is 0 Å². The summed E-state index contributed by atoms with van der Waals surface area (Å²) in [4.78, 5) is 9.71. The summed E-state index contributed by atoms with van der Waals surface area (Å²) in [7, 11) is 0. The molecule has 2 aromatic rings. The number of nitrogens with two attached hydrogens (primary N) is 1. The van der Waals surface area contributed by atoms with Crippen molar-refractivity contribution in [2.45, 2.75) is 6.54 Å². The largest absolute Gasteiger partial charge is 0.456 e. The Morgan fingerprint density at radius 1 is 1.33 bits per heavy atom. The average molecular weight is 287 g/mol. The Kier molecular flexibility index (Phi) is 4.11. The molecule has 2 aromatic carbocycles. The summed E-state index contributed by atoms with van der Waals surface area (Å²) in [5.74, 6) is -0.715. The quantitative estimate of drug-likeness (QED) is 0.688. The van der Waals surface area contributed by atoms with Crippen LogP contribution in [0.1, 0.15) is 11.1 Å². The topological polar surface area (TPSA) is 102 Å². The molecule has 7 heteroatoms. The monoisotopic (exact) mass is 287 g/mol. The number of halogens is 1. The summed E-state index contributed by atoms with van der Waals surface area (Å²) in [6, 6.07) is 9.91. The highest BCUT2D eigenvalue weighted by Gasteiger charge is 2.15. The maximum Gasteiger partial charge on any atom is 0.305 e. The zero-order valence-corrected chi connectivity index (χ0v) is 10.7. The first-order chi connectivity index (χ1) is 10.0. The highest BCUT2D eigenvalue weighted by Crippen LogP contribution is 2.29. The van der Waals surface area contributed by atoms with E-state index in [1.54, 1.807) is 18.2 Å². The third-order valence-electron chi connectivity index (χ3n) is 2.74. The van der Waals surface area contributed by atoms with E-state index in [4.69, 9.17) is 15.7 Å². The minimum Gasteiger partial charge on any atom is -0.456 e. The van der Waals surface area contributed by atoms with E-state index in [2.05, 4.69) is 0 Å². The van der Waals surface area contributed by atoms with Gasteiger partial charge in [0.25, 0.3) is 0 Å². The Hall–Kier alpha value is -2.98. The van der Waals surface area contributed by atoms with Crippen molar-refractivity contribution in [1.82, 2.24) is 0 Å².